The second-order valence-electron chi connectivity index (χ2n) is 3.94. The number of alkyl halides is 1. The maximum absolute atomic E-state index is 13.0. The third-order valence-corrected chi connectivity index (χ3v) is 3.52. The lowest BCUT2D eigenvalue weighted by Gasteiger charge is -2.30. The number of hydrogen-bond acceptors (Lipinski definition) is 2. The number of halogens is 2. The number of rotatable bonds is 1. The van der Waals surface area contributed by atoms with E-state index in [9.17, 15) is 4.39 Å². The average Bonchev–Trinajstić information content (AvgIpc) is 2.30. The molecule has 4 heteroatoms. The fourth-order valence-electron chi connectivity index (χ4n) is 1.90. The molecule has 1 aliphatic heterocycles. The maximum Gasteiger partial charge on any atom is 0.103 e. The molecule has 1 aromatic carbocycles. The minimum atomic E-state index is -0.655. The first-order chi connectivity index (χ1) is 7.70. The van der Waals surface area contributed by atoms with Gasteiger partial charge in [0.1, 0.15) is 12.2 Å². The van der Waals surface area contributed by atoms with Crippen molar-refractivity contribution < 1.29 is 4.39 Å². The Morgan fingerprint density at radius 2 is 2.06 bits per heavy atom. The van der Waals surface area contributed by atoms with E-state index in [1.165, 1.54) is 0 Å². The van der Waals surface area contributed by atoms with Crippen LogP contribution in [-0.4, -0.2) is 19.3 Å². The molecular weight excluding hydrogens is 271 g/mol. The largest absolute Gasteiger partial charge is 0.371 e. The van der Waals surface area contributed by atoms with Gasteiger partial charge in [0.15, 0.2) is 0 Å². The fraction of sp³-hybridized carbons (Fsp3) is 0.417. The highest BCUT2D eigenvalue weighted by Gasteiger charge is 2.18. The molecule has 0 amide bonds. The Bertz CT molecular complexity index is 420. The van der Waals surface area contributed by atoms with Gasteiger partial charge in [0.05, 0.1) is 5.56 Å². The molecule has 2 nitrogen and oxygen atoms in total. The zero-order chi connectivity index (χ0) is 11.5. The molecule has 0 saturated carbocycles. The summed E-state index contributed by atoms with van der Waals surface area (Å²) in [6.07, 6.45) is 0.535. The van der Waals surface area contributed by atoms with Gasteiger partial charge in [0, 0.05) is 23.2 Å². The number of piperidine rings is 1. The summed E-state index contributed by atoms with van der Waals surface area (Å²) in [6.45, 7) is 1.50. The summed E-state index contributed by atoms with van der Waals surface area (Å²) in [7, 11) is 0. The number of nitrogens with zero attached hydrogens (tertiary/aromatic N) is 2. The first-order valence-electron chi connectivity index (χ1n) is 5.29. The summed E-state index contributed by atoms with van der Waals surface area (Å²) in [5.41, 5.74) is 1.68. The molecule has 0 unspecified atom stereocenters. The predicted octanol–water partition coefficient (Wildman–Crippen LogP) is 3.26. The fourth-order valence-corrected chi connectivity index (χ4v) is 2.35. The zero-order valence-corrected chi connectivity index (χ0v) is 10.4. The summed E-state index contributed by atoms with van der Waals surface area (Å²) in [5, 5.41) is 8.81. The Hall–Kier alpha value is -1.08. The smallest absolute Gasteiger partial charge is 0.103 e. The SMILES string of the molecule is N#Cc1ccc(N2CCC(F)CC2)cc1Br. The molecule has 1 aromatic rings. The lowest BCUT2D eigenvalue weighted by atomic mass is 10.1. The second-order valence-corrected chi connectivity index (χ2v) is 4.79. The Labute approximate surface area is 103 Å². The van der Waals surface area contributed by atoms with E-state index in [4.69, 9.17) is 5.26 Å². The van der Waals surface area contributed by atoms with Gasteiger partial charge < -0.3 is 4.90 Å². The van der Waals surface area contributed by atoms with Crippen LogP contribution in [0, 0.1) is 11.3 Å². The van der Waals surface area contributed by atoms with E-state index >= 15 is 0 Å². The lowest BCUT2D eigenvalue weighted by Crippen LogP contribution is -2.34. The minimum Gasteiger partial charge on any atom is -0.371 e. The lowest BCUT2D eigenvalue weighted by molar-refractivity contribution is 0.277. The normalized spacial score (nSPS) is 17.2. The molecule has 1 heterocycles. The number of hydrogen-bond donors (Lipinski definition) is 0. The molecule has 1 saturated heterocycles. The van der Waals surface area contributed by atoms with E-state index < -0.39 is 6.17 Å². The minimum absolute atomic E-state index is 0.595. The molecule has 1 fully saturated rings. The number of anilines is 1. The summed E-state index contributed by atoms with van der Waals surface area (Å²) in [5.74, 6) is 0. The second kappa shape index (κ2) is 4.84. The van der Waals surface area contributed by atoms with E-state index in [1.54, 1.807) is 6.07 Å². The van der Waals surface area contributed by atoms with Gasteiger partial charge in [0.2, 0.25) is 0 Å². The molecule has 0 radical (unpaired) electrons. The zero-order valence-electron chi connectivity index (χ0n) is 8.79. The summed E-state index contributed by atoms with van der Waals surface area (Å²) in [6, 6.07) is 7.75. The Kier molecular flexibility index (Phi) is 3.45. The van der Waals surface area contributed by atoms with Crippen LogP contribution in [0.2, 0.25) is 0 Å². The molecule has 0 spiro atoms. The van der Waals surface area contributed by atoms with E-state index in [1.807, 2.05) is 12.1 Å². The van der Waals surface area contributed by atoms with E-state index in [0.717, 1.165) is 23.2 Å². The monoisotopic (exact) mass is 282 g/mol. The van der Waals surface area contributed by atoms with Gasteiger partial charge in [-0.05, 0) is 47.0 Å². The van der Waals surface area contributed by atoms with Gasteiger partial charge in [-0.2, -0.15) is 5.26 Å². The van der Waals surface area contributed by atoms with Crippen molar-refractivity contribution in [3.8, 4) is 6.07 Å². The molecule has 0 aromatic heterocycles. The van der Waals surface area contributed by atoms with Gasteiger partial charge in [-0.15, -0.1) is 0 Å². The van der Waals surface area contributed by atoms with Crippen molar-refractivity contribution in [2.45, 2.75) is 19.0 Å². The third kappa shape index (κ3) is 2.35. The summed E-state index contributed by atoms with van der Waals surface area (Å²) in [4.78, 5) is 2.15. The third-order valence-electron chi connectivity index (χ3n) is 2.86. The molecular formula is C12H12BrFN2. The highest BCUT2D eigenvalue weighted by Crippen LogP contribution is 2.26. The van der Waals surface area contributed by atoms with Crippen molar-refractivity contribution in [3.63, 3.8) is 0 Å². The topological polar surface area (TPSA) is 27.0 Å². The highest BCUT2D eigenvalue weighted by atomic mass is 79.9. The molecule has 0 atom stereocenters. The molecule has 0 bridgehead atoms. The van der Waals surface area contributed by atoms with Crippen LogP contribution in [0.4, 0.5) is 10.1 Å². The molecule has 0 N–H and O–H groups in total. The quantitative estimate of drug-likeness (QED) is 0.791. The van der Waals surface area contributed by atoms with Crippen LogP contribution < -0.4 is 4.90 Å². The standard InChI is InChI=1S/C12H12BrFN2/c13-12-7-11(2-1-9(12)8-15)16-5-3-10(14)4-6-16/h1-2,7,10H,3-6H2. The summed E-state index contributed by atoms with van der Waals surface area (Å²) < 4.78 is 13.8. The summed E-state index contributed by atoms with van der Waals surface area (Å²) >= 11 is 3.36. The van der Waals surface area contributed by atoms with Crippen molar-refractivity contribution in [2.75, 3.05) is 18.0 Å². The van der Waals surface area contributed by atoms with Crippen LogP contribution in [0.3, 0.4) is 0 Å². The molecule has 0 aliphatic carbocycles. The van der Waals surface area contributed by atoms with Gasteiger partial charge in [-0.1, -0.05) is 0 Å². The van der Waals surface area contributed by atoms with Crippen molar-refractivity contribution in [1.82, 2.24) is 0 Å². The maximum atomic E-state index is 13.0. The van der Waals surface area contributed by atoms with E-state index in [0.29, 0.717) is 18.4 Å². The Morgan fingerprint density at radius 3 is 2.62 bits per heavy atom. The van der Waals surface area contributed by atoms with Crippen LogP contribution in [-0.2, 0) is 0 Å². The van der Waals surface area contributed by atoms with Crippen molar-refractivity contribution in [2.24, 2.45) is 0 Å². The van der Waals surface area contributed by atoms with Crippen molar-refractivity contribution >= 4 is 21.6 Å². The van der Waals surface area contributed by atoms with Gasteiger partial charge >= 0.3 is 0 Å². The molecule has 16 heavy (non-hydrogen) atoms. The van der Waals surface area contributed by atoms with Gasteiger partial charge in [-0.25, -0.2) is 4.39 Å². The first-order valence-corrected chi connectivity index (χ1v) is 6.08. The highest BCUT2D eigenvalue weighted by molar-refractivity contribution is 9.10. The Morgan fingerprint density at radius 1 is 1.38 bits per heavy atom. The first kappa shape index (κ1) is 11.4. The number of benzene rings is 1. The Balaban J connectivity index is 2.16. The average molecular weight is 283 g/mol. The van der Waals surface area contributed by atoms with Crippen LogP contribution >= 0.6 is 15.9 Å². The number of nitriles is 1. The predicted molar refractivity (Wildman–Crippen MR) is 65.2 cm³/mol. The van der Waals surface area contributed by atoms with E-state index in [-0.39, 0.29) is 0 Å². The molecule has 1 aliphatic rings. The van der Waals surface area contributed by atoms with Crippen LogP contribution in [0.15, 0.2) is 22.7 Å². The van der Waals surface area contributed by atoms with Crippen LogP contribution in [0.1, 0.15) is 18.4 Å². The van der Waals surface area contributed by atoms with Crippen molar-refractivity contribution in [1.29, 1.82) is 5.26 Å². The van der Waals surface area contributed by atoms with Gasteiger partial charge in [0.25, 0.3) is 0 Å². The molecule has 84 valence electrons. The van der Waals surface area contributed by atoms with Crippen LogP contribution in [0.5, 0.6) is 0 Å². The van der Waals surface area contributed by atoms with Crippen molar-refractivity contribution in [3.05, 3.63) is 28.2 Å². The van der Waals surface area contributed by atoms with Crippen LogP contribution in [0.25, 0.3) is 0 Å². The van der Waals surface area contributed by atoms with Gasteiger partial charge in [-0.3, -0.25) is 0 Å². The van der Waals surface area contributed by atoms with E-state index in [2.05, 4.69) is 26.9 Å². The molecule has 2 rings (SSSR count).